The van der Waals surface area contributed by atoms with Crippen LogP contribution in [-0.2, 0) is 4.84 Å². The van der Waals surface area contributed by atoms with Crippen molar-refractivity contribution in [3.63, 3.8) is 0 Å². The summed E-state index contributed by atoms with van der Waals surface area (Å²) < 4.78 is 12.6. The molecule has 0 radical (unpaired) electrons. The molecule has 0 aromatic carbocycles. The molecule has 12 heavy (non-hydrogen) atoms. The van der Waals surface area contributed by atoms with Crippen LogP contribution in [0, 0.1) is 0 Å². The molecule has 0 spiro atoms. The molecule has 1 saturated heterocycles. The number of likely N-dealkylation sites (tertiary alicyclic amines) is 1. The van der Waals surface area contributed by atoms with Crippen molar-refractivity contribution in [1.29, 1.82) is 0 Å². The van der Waals surface area contributed by atoms with Gasteiger partial charge in [0.25, 0.3) is 0 Å². The minimum Gasteiger partial charge on any atom is -0.351 e. The lowest BCUT2D eigenvalue weighted by Crippen LogP contribution is -2.33. The van der Waals surface area contributed by atoms with Gasteiger partial charge in [-0.15, -0.1) is 5.06 Å². The molecule has 4 nitrogen and oxygen atoms in total. The van der Waals surface area contributed by atoms with Crippen LogP contribution < -0.4 is 0 Å². The topological polar surface area (TPSA) is 32.8 Å². The summed E-state index contributed by atoms with van der Waals surface area (Å²) in [6, 6.07) is 0. The Morgan fingerprint density at radius 1 is 1.67 bits per heavy atom. The number of amides is 1. The molecule has 0 saturated carbocycles. The lowest BCUT2D eigenvalue weighted by molar-refractivity contribution is -0.0696. The quantitative estimate of drug-likeness (QED) is 0.550. The summed E-state index contributed by atoms with van der Waals surface area (Å²) in [5, 5.41) is 1.30. The van der Waals surface area contributed by atoms with E-state index in [0.717, 1.165) is 0 Å². The van der Waals surface area contributed by atoms with Crippen molar-refractivity contribution in [2.75, 3.05) is 27.2 Å². The summed E-state index contributed by atoms with van der Waals surface area (Å²) >= 11 is 0. The third kappa shape index (κ3) is 2.34. The van der Waals surface area contributed by atoms with Crippen LogP contribution in [0.25, 0.3) is 0 Å². The van der Waals surface area contributed by atoms with Crippen molar-refractivity contribution in [1.82, 2.24) is 9.96 Å². The van der Waals surface area contributed by atoms with E-state index in [1.54, 1.807) is 14.1 Å². The van der Waals surface area contributed by atoms with E-state index in [9.17, 15) is 9.18 Å². The maximum absolute atomic E-state index is 12.6. The number of hydroxylamine groups is 2. The Labute approximate surface area is 70.8 Å². The van der Waals surface area contributed by atoms with Crippen LogP contribution in [0.5, 0.6) is 0 Å². The van der Waals surface area contributed by atoms with Crippen LogP contribution in [0.3, 0.4) is 0 Å². The van der Waals surface area contributed by atoms with E-state index in [-0.39, 0.29) is 6.54 Å². The van der Waals surface area contributed by atoms with Gasteiger partial charge >= 0.3 is 6.09 Å². The Morgan fingerprint density at radius 2 is 2.33 bits per heavy atom. The van der Waals surface area contributed by atoms with Crippen molar-refractivity contribution >= 4 is 6.09 Å². The second-order valence-corrected chi connectivity index (χ2v) is 3.00. The number of carbonyl (C=O) groups excluding carboxylic acids is 1. The normalized spacial score (nSPS) is 23.3. The standard InChI is InChI=1S/C7H13FN2O2/c1-9(2)12-7(11)10-4-3-6(8)5-10/h6H,3-5H2,1-2H3. The lowest BCUT2D eigenvalue weighted by Gasteiger charge is -2.17. The predicted octanol–water partition coefficient (Wildman–Crippen LogP) is 0.643. The second-order valence-electron chi connectivity index (χ2n) is 3.00. The van der Waals surface area contributed by atoms with Gasteiger partial charge in [-0.2, -0.15) is 0 Å². The Bertz CT molecular complexity index is 175. The third-order valence-corrected chi connectivity index (χ3v) is 1.65. The fourth-order valence-electron chi connectivity index (χ4n) is 1.10. The van der Waals surface area contributed by atoms with Gasteiger partial charge in [0.2, 0.25) is 0 Å². The molecule has 1 aliphatic heterocycles. The van der Waals surface area contributed by atoms with Gasteiger partial charge in [-0.3, -0.25) is 0 Å². The zero-order valence-electron chi connectivity index (χ0n) is 7.29. The van der Waals surface area contributed by atoms with Gasteiger partial charge < -0.3 is 9.74 Å². The first-order chi connectivity index (χ1) is 5.59. The molecule has 1 aliphatic rings. The molecule has 1 heterocycles. The Kier molecular flexibility index (Phi) is 2.86. The van der Waals surface area contributed by atoms with E-state index < -0.39 is 12.3 Å². The van der Waals surface area contributed by atoms with Gasteiger partial charge in [-0.1, -0.05) is 0 Å². The highest BCUT2D eigenvalue weighted by Gasteiger charge is 2.27. The first kappa shape index (κ1) is 9.25. The van der Waals surface area contributed by atoms with Crippen molar-refractivity contribution in [2.45, 2.75) is 12.6 Å². The number of nitrogens with zero attached hydrogens (tertiary/aromatic N) is 2. The highest BCUT2D eigenvalue weighted by molar-refractivity contribution is 5.67. The summed E-state index contributed by atoms with van der Waals surface area (Å²) in [4.78, 5) is 17.2. The summed E-state index contributed by atoms with van der Waals surface area (Å²) in [7, 11) is 3.22. The monoisotopic (exact) mass is 176 g/mol. The highest BCUT2D eigenvalue weighted by atomic mass is 19.1. The minimum absolute atomic E-state index is 0.159. The van der Waals surface area contributed by atoms with Gasteiger partial charge in [0, 0.05) is 20.6 Å². The van der Waals surface area contributed by atoms with E-state index >= 15 is 0 Å². The number of rotatable bonds is 1. The second kappa shape index (κ2) is 3.71. The van der Waals surface area contributed by atoms with Crippen molar-refractivity contribution in [2.24, 2.45) is 0 Å². The molecule has 0 bridgehead atoms. The summed E-state index contributed by atoms with van der Waals surface area (Å²) in [5.74, 6) is 0. The highest BCUT2D eigenvalue weighted by Crippen LogP contribution is 2.12. The predicted molar refractivity (Wildman–Crippen MR) is 41.3 cm³/mol. The van der Waals surface area contributed by atoms with Gasteiger partial charge in [-0.05, 0) is 6.42 Å². The molecule has 0 aromatic heterocycles. The van der Waals surface area contributed by atoms with Crippen LogP contribution in [0.4, 0.5) is 9.18 Å². The van der Waals surface area contributed by atoms with Gasteiger partial charge in [0.15, 0.2) is 0 Å². The fourth-order valence-corrected chi connectivity index (χ4v) is 1.10. The molecule has 5 heteroatoms. The zero-order chi connectivity index (χ0) is 9.14. The van der Waals surface area contributed by atoms with E-state index in [1.807, 2.05) is 0 Å². The van der Waals surface area contributed by atoms with Crippen LogP contribution >= 0.6 is 0 Å². The molecule has 1 fully saturated rings. The summed E-state index contributed by atoms with van der Waals surface area (Å²) in [5.41, 5.74) is 0. The van der Waals surface area contributed by atoms with E-state index in [1.165, 1.54) is 9.96 Å². The Balaban J connectivity index is 2.33. The third-order valence-electron chi connectivity index (χ3n) is 1.65. The molecule has 1 rings (SSSR count). The average molecular weight is 176 g/mol. The number of hydrogen-bond acceptors (Lipinski definition) is 3. The first-order valence-electron chi connectivity index (χ1n) is 3.88. The molecule has 1 amide bonds. The lowest BCUT2D eigenvalue weighted by atomic mass is 10.3. The SMILES string of the molecule is CN(C)OC(=O)N1CCC(F)C1. The molecule has 1 unspecified atom stereocenters. The van der Waals surface area contributed by atoms with Crippen LogP contribution in [-0.4, -0.2) is 49.4 Å². The van der Waals surface area contributed by atoms with Crippen LogP contribution in [0.1, 0.15) is 6.42 Å². The number of halogens is 1. The van der Waals surface area contributed by atoms with Crippen molar-refractivity contribution in [3.05, 3.63) is 0 Å². The van der Waals surface area contributed by atoms with Crippen LogP contribution in [0.2, 0.25) is 0 Å². The Hall–Kier alpha value is -0.840. The molecule has 70 valence electrons. The van der Waals surface area contributed by atoms with E-state index in [2.05, 4.69) is 0 Å². The van der Waals surface area contributed by atoms with Gasteiger partial charge in [-0.25, -0.2) is 9.18 Å². The Morgan fingerprint density at radius 3 is 2.75 bits per heavy atom. The maximum atomic E-state index is 12.6. The molecule has 0 N–H and O–H groups in total. The van der Waals surface area contributed by atoms with Crippen molar-refractivity contribution < 1.29 is 14.0 Å². The molecule has 0 aliphatic carbocycles. The number of hydrogen-bond donors (Lipinski definition) is 0. The molecule has 0 aromatic rings. The smallest absolute Gasteiger partial charge is 0.351 e. The zero-order valence-corrected chi connectivity index (χ0v) is 7.29. The number of carbonyl (C=O) groups is 1. The van der Waals surface area contributed by atoms with E-state index in [4.69, 9.17) is 4.84 Å². The molecule has 1 atom stereocenters. The number of alkyl halides is 1. The molecular weight excluding hydrogens is 163 g/mol. The summed E-state index contributed by atoms with van der Waals surface area (Å²) in [6.45, 7) is 0.612. The largest absolute Gasteiger partial charge is 0.429 e. The van der Waals surface area contributed by atoms with Crippen molar-refractivity contribution in [3.8, 4) is 0 Å². The van der Waals surface area contributed by atoms with Crippen LogP contribution in [0.15, 0.2) is 0 Å². The van der Waals surface area contributed by atoms with Gasteiger partial charge in [0.1, 0.15) is 6.17 Å². The summed E-state index contributed by atoms with van der Waals surface area (Å²) in [6.07, 6.45) is -0.942. The molecular formula is C7H13FN2O2. The fraction of sp³-hybridized carbons (Fsp3) is 0.857. The van der Waals surface area contributed by atoms with E-state index in [0.29, 0.717) is 13.0 Å². The van der Waals surface area contributed by atoms with Gasteiger partial charge in [0.05, 0.1) is 6.54 Å². The maximum Gasteiger partial charge on any atom is 0.429 e. The first-order valence-corrected chi connectivity index (χ1v) is 3.88. The average Bonchev–Trinajstić information content (AvgIpc) is 2.34. The minimum atomic E-state index is -0.889.